The Morgan fingerprint density at radius 2 is 1.73 bits per heavy atom. The normalized spacial score (nSPS) is 14.7. The Morgan fingerprint density at radius 1 is 1.00 bits per heavy atom. The second kappa shape index (κ2) is 9.77. The van der Waals surface area contributed by atoms with E-state index < -0.39 is 5.97 Å². The highest BCUT2D eigenvalue weighted by Gasteiger charge is 2.29. The molecule has 0 aliphatic carbocycles. The molecule has 0 saturated carbocycles. The molecule has 37 heavy (non-hydrogen) atoms. The first-order valence-corrected chi connectivity index (χ1v) is 12.7. The Balaban J connectivity index is 1.42. The topological polar surface area (TPSA) is 71.8 Å². The number of rotatable bonds is 7. The van der Waals surface area contributed by atoms with Gasteiger partial charge in [-0.05, 0) is 80.6 Å². The maximum absolute atomic E-state index is 13.8. The second-order valence-electron chi connectivity index (χ2n) is 9.81. The van der Waals surface area contributed by atoms with Gasteiger partial charge in [0.05, 0.1) is 18.0 Å². The van der Waals surface area contributed by atoms with Crippen LogP contribution in [-0.2, 0) is 17.6 Å². The zero-order valence-corrected chi connectivity index (χ0v) is 21.7. The summed E-state index contributed by atoms with van der Waals surface area (Å²) in [6.45, 7) is 9.35. The van der Waals surface area contributed by atoms with Crippen molar-refractivity contribution in [2.24, 2.45) is 0 Å². The molecule has 6 heteroatoms. The molecule has 6 nitrogen and oxygen atoms in total. The van der Waals surface area contributed by atoms with Gasteiger partial charge in [0.15, 0.2) is 0 Å². The number of hydrogen-bond donors (Lipinski definition) is 1. The fourth-order valence-electron chi connectivity index (χ4n) is 5.65. The van der Waals surface area contributed by atoms with Crippen LogP contribution in [-0.4, -0.2) is 40.7 Å². The summed E-state index contributed by atoms with van der Waals surface area (Å²) >= 11 is 0. The molecule has 0 amide bonds. The number of carbonyl (C=O) groups is 2. The fourth-order valence-corrected chi connectivity index (χ4v) is 5.65. The van der Waals surface area contributed by atoms with Gasteiger partial charge in [-0.1, -0.05) is 36.4 Å². The molecule has 1 atom stereocenters. The summed E-state index contributed by atoms with van der Waals surface area (Å²) in [7, 11) is 0. The average molecular weight is 497 g/mol. The second-order valence-corrected chi connectivity index (χ2v) is 9.81. The van der Waals surface area contributed by atoms with Crippen LogP contribution < -0.4 is 9.64 Å². The van der Waals surface area contributed by atoms with Gasteiger partial charge in [0.1, 0.15) is 12.4 Å². The Morgan fingerprint density at radius 3 is 2.49 bits per heavy atom. The van der Waals surface area contributed by atoms with Crippen molar-refractivity contribution in [2.45, 2.75) is 46.6 Å². The number of aliphatic carboxylic acids is 1. The molecule has 0 saturated heterocycles. The average Bonchev–Trinajstić information content (AvgIpc) is 3.38. The molecule has 1 aliphatic rings. The van der Waals surface area contributed by atoms with E-state index in [1.54, 1.807) is 4.57 Å². The number of fused-ring (bicyclic) bond motifs is 2. The maximum Gasteiger partial charge on any atom is 0.307 e. The number of carbonyl (C=O) groups excluding carboxylic acids is 1. The number of para-hydroxylation sites is 2. The van der Waals surface area contributed by atoms with Gasteiger partial charge in [0.2, 0.25) is 0 Å². The van der Waals surface area contributed by atoms with Crippen molar-refractivity contribution < 1.29 is 19.4 Å². The lowest BCUT2D eigenvalue weighted by Gasteiger charge is -2.26. The van der Waals surface area contributed by atoms with Crippen LogP contribution in [0.3, 0.4) is 0 Å². The summed E-state index contributed by atoms with van der Waals surface area (Å²) in [5.41, 5.74) is 6.98. The van der Waals surface area contributed by atoms with Gasteiger partial charge < -0.3 is 14.7 Å². The van der Waals surface area contributed by atoms with Gasteiger partial charge >= 0.3 is 5.97 Å². The highest BCUT2D eigenvalue weighted by atomic mass is 16.5. The Bertz CT molecular complexity index is 1520. The third kappa shape index (κ3) is 4.37. The van der Waals surface area contributed by atoms with Crippen LogP contribution in [0, 0.1) is 20.8 Å². The number of anilines is 1. The molecule has 4 aromatic rings. The summed E-state index contributed by atoms with van der Waals surface area (Å²) < 4.78 is 7.97. The van der Waals surface area contributed by atoms with E-state index in [-0.39, 0.29) is 18.4 Å². The molecule has 1 aromatic heterocycles. The van der Waals surface area contributed by atoms with Crippen molar-refractivity contribution in [1.82, 2.24) is 4.57 Å². The van der Waals surface area contributed by atoms with E-state index in [2.05, 4.69) is 36.1 Å². The Hall–Kier alpha value is -4.06. The van der Waals surface area contributed by atoms with Crippen molar-refractivity contribution in [3.8, 4) is 5.75 Å². The molecule has 3 aromatic carbocycles. The van der Waals surface area contributed by atoms with Crippen molar-refractivity contribution in [3.05, 3.63) is 94.2 Å². The van der Waals surface area contributed by atoms with Crippen LogP contribution in [0.4, 0.5) is 5.69 Å². The molecular formula is C31H32N2O4. The standard InChI is InChI=1S/C31H32N2O4/c1-5-32-23(16-22-10-6-8-12-27(22)32)18-37-29-15-19(2)25(14-20(29)3)31(36)33-21(4)26(17-30(34)35)24-11-7-9-13-28(24)33/h6-15,23H,5,16-18H2,1-4H3,(H,34,35)/t23-/m1/s1. The van der Waals surface area contributed by atoms with Crippen LogP contribution in [0.5, 0.6) is 5.75 Å². The summed E-state index contributed by atoms with van der Waals surface area (Å²) in [4.78, 5) is 27.7. The molecule has 1 N–H and O–H groups in total. The van der Waals surface area contributed by atoms with Gasteiger partial charge in [-0.15, -0.1) is 0 Å². The molecule has 0 fully saturated rings. The first kappa shape index (κ1) is 24.6. The van der Waals surface area contributed by atoms with Crippen LogP contribution in [0.25, 0.3) is 10.9 Å². The molecule has 2 heterocycles. The number of benzene rings is 3. The predicted octanol–water partition coefficient (Wildman–Crippen LogP) is 5.71. The lowest BCUT2D eigenvalue weighted by atomic mass is 10.0. The maximum atomic E-state index is 13.8. The molecule has 0 bridgehead atoms. The first-order chi connectivity index (χ1) is 17.8. The Kier molecular flexibility index (Phi) is 6.50. The number of carboxylic acid groups (broad SMARTS) is 1. The molecule has 190 valence electrons. The van der Waals surface area contributed by atoms with Gasteiger partial charge in [0, 0.05) is 28.9 Å². The summed E-state index contributed by atoms with van der Waals surface area (Å²) in [6.07, 6.45) is 0.828. The van der Waals surface area contributed by atoms with E-state index >= 15 is 0 Å². The Labute approximate surface area is 217 Å². The summed E-state index contributed by atoms with van der Waals surface area (Å²) in [6, 6.07) is 20.1. The number of carboxylic acids is 1. The van der Waals surface area contributed by atoms with E-state index in [9.17, 15) is 14.7 Å². The van der Waals surface area contributed by atoms with Crippen molar-refractivity contribution in [1.29, 1.82) is 0 Å². The first-order valence-electron chi connectivity index (χ1n) is 12.7. The minimum atomic E-state index is -0.918. The number of aromatic nitrogens is 1. The summed E-state index contributed by atoms with van der Waals surface area (Å²) in [5, 5.41) is 10.2. The zero-order valence-electron chi connectivity index (χ0n) is 21.7. The monoisotopic (exact) mass is 496 g/mol. The quantitative estimate of drug-likeness (QED) is 0.355. The molecule has 1 aliphatic heterocycles. The number of ether oxygens (including phenoxy) is 1. The lowest BCUT2D eigenvalue weighted by Crippen LogP contribution is -2.36. The highest BCUT2D eigenvalue weighted by molar-refractivity contribution is 6.05. The van der Waals surface area contributed by atoms with Crippen LogP contribution in [0.1, 0.15) is 45.2 Å². The van der Waals surface area contributed by atoms with E-state index in [0.717, 1.165) is 40.7 Å². The van der Waals surface area contributed by atoms with Gasteiger partial charge in [-0.25, -0.2) is 0 Å². The minimum absolute atomic E-state index is 0.128. The van der Waals surface area contributed by atoms with Crippen LogP contribution in [0.2, 0.25) is 0 Å². The van der Waals surface area contributed by atoms with Crippen molar-refractivity contribution in [3.63, 3.8) is 0 Å². The third-order valence-electron chi connectivity index (χ3n) is 7.49. The van der Waals surface area contributed by atoms with Crippen LogP contribution in [0.15, 0.2) is 60.7 Å². The summed E-state index contributed by atoms with van der Waals surface area (Å²) in [5.74, 6) is -0.304. The van der Waals surface area contributed by atoms with E-state index in [4.69, 9.17) is 4.74 Å². The fraction of sp³-hybridized carbons (Fsp3) is 0.290. The smallest absolute Gasteiger partial charge is 0.307 e. The van der Waals surface area contributed by atoms with Crippen molar-refractivity contribution in [2.75, 3.05) is 18.1 Å². The molecule has 0 unspecified atom stereocenters. The predicted molar refractivity (Wildman–Crippen MR) is 146 cm³/mol. The SMILES string of the molecule is CCN1c2ccccc2C[C@@H]1COc1cc(C)c(C(=O)n2c(C)c(CC(=O)O)c3ccccc32)cc1C. The highest BCUT2D eigenvalue weighted by Crippen LogP contribution is 2.33. The van der Waals surface area contributed by atoms with E-state index in [1.165, 1.54) is 11.3 Å². The lowest BCUT2D eigenvalue weighted by molar-refractivity contribution is -0.136. The molecule has 0 radical (unpaired) electrons. The minimum Gasteiger partial charge on any atom is -0.491 e. The molecular weight excluding hydrogens is 464 g/mol. The number of nitrogens with zero attached hydrogens (tertiary/aromatic N) is 2. The van der Waals surface area contributed by atoms with Gasteiger partial charge in [-0.3, -0.25) is 14.2 Å². The number of hydrogen-bond acceptors (Lipinski definition) is 4. The van der Waals surface area contributed by atoms with Crippen LogP contribution >= 0.6 is 0 Å². The number of likely N-dealkylation sites (N-methyl/N-ethyl adjacent to an activating group) is 1. The molecule has 5 rings (SSSR count). The zero-order chi connectivity index (χ0) is 26.3. The van der Waals surface area contributed by atoms with E-state index in [1.807, 2.05) is 57.2 Å². The number of aryl methyl sites for hydroxylation is 2. The van der Waals surface area contributed by atoms with E-state index in [0.29, 0.717) is 23.4 Å². The van der Waals surface area contributed by atoms with Gasteiger partial charge in [0.25, 0.3) is 5.91 Å². The third-order valence-corrected chi connectivity index (χ3v) is 7.49. The molecule has 0 spiro atoms. The van der Waals surface area contributed by atoms with Gasteiger partial charge in [-0.2, -0.15) is 0 Å². The largest absolute Gasteiger partial charge is 0.491 e. The van der Waals surface area contributed by atoms with Crippen molar-refractivity contribution >= 4 is 28.5 Å².